The lowest BCUT2D eigenvalue weighted by Gasteiger charge is -2.16. The molecule has 0 aromatic carbocycles. The van der Waals surface area contributed by atoms with E-state index in [1.54, 1.807) is 0 Å². The number of hydrogen-bond acceptors (Lipinski definition) is 13. The Morgan fingerprint density at radius 3 is 2.56 bits per heavy atom. The zero-order chi connectivity index (χ0) is 25.0. The summed E-state index contributed by atoms with van der Waals surface area (Å²) >= 11 is 0. The molecule has 17 nitrogen and oxygen atoms in total. The predicted octanol–water partition coefficient (Wildman–Crippen LogP) is -4.03. The van der Waals surface area contributed by atoms with Crippen molar-refractivity contribution in [2.45, 2.75) is 31.3 Å². The molecular weight excluding hydrogens is 460 g/mol. The lowest BCUT2D eigenvalue weighted by atomic mass is 10.1. The molecule has 0 spiro atoms. The minimum Gasteiger partial charge on any atom is -0.493 e. The molecule has 1 amide bonds. The van der Waals surface area contributed by atoms with E-state index in [4.69, 9.17) is 31.2 Å². The first kappa shape index (κ1) is 25.0. The molecule has 1 fully saturated rings. The number of primary amides is 1. The minimum atomic E-state index is -1.37. The Morgan fingerprint density at radius 1 is 1.24 bits per heavy atom. The zero-order valence-corrected chi connectivity index (χ0v) is 17.6. The van der Waals surface area contributed by atoms with E-state index >= 15 is 0 Å². The van der Waals surface area contributed by atoms with Crippen LogP contribution < -0.4 is 17.0 Å². The highest BCUT2D eigenvalue weighted by Crippen LogP contribution is 2.32. The normalized spacial score (nSPS) is 22.0. The number of aromatic nitrogens is 6. The lowest BCUT2D eigenvalue weighted by molar-refractivity contribution is -0.0553. The van der Waals surface area contributed by atoms with E-state index in [1.807, 2.05) is 0 Å². The maximum atomic E-state index is 11.4. The molecule has 4 atom stereocenters. The van der Waals surface area contributed by atoms with E-state index < -0.39 is 42.9 Å². The molecule has 0 unspecified atom stereocenters. The first-order valence-electron chi connectivity index (χ1n) is 9.76. The molecule has 4 heterocycles. The maximum absolute atomic E-state index is 11.4. The van der Waals surface area contributed by atoms with Crippen molar-refractivity contribution in [2.75, 3.05) is 25.6 Å². The largest absolute Gasteiger partial charge is 0.493 e. The van der Waals surface area contributed by atoms with Crippen LogP contribution in [0, 0.1) is 0 Å². The van der Waals surface area contributed by atoms with Gasteiger partial charge in [-0.1, -0.05) is 0 Å². The minimum absolute atomic E-state index is 0.0291. The predicted molar refractivity (Wildman–Crippen MR) is 111 cm³/mol. The van der Waals surface area contributed by atoms with E-state index in [0.717, 1.165) is 10.9 Å². The topological polar surface area (TPSA) is 270 Å². The molecule has 3 aromatic rings. The van der Waals surface area contributed by atoms with Gasteiger partial charge in [0.2, 0.25) is 11.8 Å². The molecule has 1 saturated heterocycles. The summed E-state index contributed by atoms with van der Waals surface area (Å²) < 4.78 is 12.8. The number of H-pyrrole nitrogens is 1. The summed E-state index contributed by atoms with van der Waals surface area (Å²) in [5.41, 5.74) is 10.2. The molecule has 0 aliphatic carbocycles. The van der Waals surface area contributed by atoms with E-state index in [1.165, 1.54) is 10.9 Å². The van der Waals surface area contributed by atoms with Crippen molar-refractivity contribution < 1.29 is 39.8 Å². The number of hydrogen-bond donors (Lipinski definition) is 8. The second-order valence-corrected chi connectivity index (χ2v) is 7.02. The summed E-state index contributed by atoms with van der Waals surface area (Å²) in [6.07, 6.45) is -2.33. The Bertz CT molecular complexity index is 1190. The highest BCUT2D eigenvalue weighted by atomic mass is 16.6. The number of nitrogen functional groups attached to an aromatic ring is 1. The van der Waals surface area contributed by atoms with Gasteiger partial charge in [0.05, 0.1) is 26.1 Å². The number of ether oxygens (including phenoxy) is 2. The SMILES string of the molecule is NC(=O)c1ncn([C@@H]2O[C@H](CO)[C@@H](O)[C@H]2O)c1O.Nc1nc2c(ncn2COCCO)c(=O)[nH]1. The van der Waals surface area contributed by atoms with E-state index in [-0.39, 0.29) is 42.7 Å². The van der Waals surface area contributed by atoms with Crippen LogP contribution in [0.2, 0.25) is 0 Å². The number of amides is 1. The van der Waals surface area contributed by atoms with Gasteiger partial charge in [-0.15, -0.1) is 0 Å². The standard InChI is InChI=1S/C9H13N3O6.C8H11N5O3/c10-7(16)4-8(17)12(2-11-4)9-6(15)5(14)3(1-13)18-9;9-8-11-6-5(7(15)12-8)10-3-13(6)4-16-2-1-14/h2-3,5-6,9,13-15,17H,1H2,(H2,10,16);3,14H,1-2,4H2,(H3,9,11,12,15)/t3-,5-,6-,9-;/m1./s1. The molecule has 34 heavy (non-hydrogen) atoms. The van der Waals surface area contributed by atoms with Crippen LogP contribution in [0.3, 0.4) is 0 Å². The van der Waals surface area contributed by atoms with Gasteiger partial charge in [-0.2, -0.15) is 4.98 Å². The lowest BCUT2D eigenvalue weighted by Crippen LogP contribution is -2.33. The Morgan fingerprint density at radius 2 is 1.97 bits per heavy atom. The zero-order valence-electron chi connectivity index (χ0n) is 17.6. The van der Waals surface area contributed by atoms with Gasteiger partial charge in [0.1, 0.15) is 31.4 Å². The molecule has 4 rings (SSSR count). The smallest absolute Gasteiger partial charge is 0.280 e. The van der Waals surface area contributed by atoms with Crippen molar-refractivity contribution >= 4 is 23.0 Å². The monoisotopic (exact) mass is 484 g/mol. The molecule has 0 radical (unpaired) electrons. The molecule has 3 aromatic heterocycles. The summed E-state index contributed by atoms with van der Waals surface area (Å²) in [5, 5.41) is 46.4. The van der Waals surface area contributed by atoms with Crippen molar-refractivity contribution in [3.05, 3.63) is 28.7 Å². The van der Waals surface area contributed by atoms with E-state index in [9.17, 15) is 24.9 Å². The molecular formula is C17H24N8O9. The third kappa shape index (κ3) is 4.98. The number of nitrogens with one attached hydrogen (secondary N) is 1. The third-order valence-electron chi connectivity index (χ3n) is 4.75. The Balaban J connectivity index is 0.000000192. The summed E-state index contributed by atoms with van der Waals surface area (Å²) in [5.74, 6) is -1.48. The van der Waals surface area contributed by atoms with Crippen LogP contribution in [-0.2, 0) is 16.2 Å². The van der Waals surface area contributed by atoms with Crippen LogP contribution in [0.25, 0.3) is 11.2 Å². The van der Waals surface area contributed by atoms with Crippen LogP contribution in [0.15, 0.2) is 17.4 Å². The van der Waals surface area contributed by atoms with Gasteiger partial charge >= 0.3 is 0 Å². The molecule has 186 valence electrons. The number of aliphatic hydroxyl groups is 4. The molecule has 17 heteroatoms. The van der Waals surface area contributed by atoms with Crippen molar-refractivity contribution in [3.8, 4) is 5.88 Å². The number of nitrogens with zero attached hydrogens (tertiary/aromatic N) is 5. The number of nitrogens with two attached hydrogens (primary N) is 2. The van der Waals surface area contributed by atoms with Gasteiger partial charge in [-0.25, -0.2) is 9.97 Å². The summed E-state index contributed by atoms with van der Waals surface area (Å²) in [6.45, 7) is -0.194. The number of anilines is 1. The van der Waals surface area contributed by atoms with Gasteiger partial charge in [0, 0.05) is 0 Å². The van der Waals surface area contributed by atoms with E-state index in [2.05, 4.69) is 19.9 Å². The van der Waals surface area contributed by atoms with Crippen LogP contribution in [0.4, 0.5) is 5.95 Å². The van der Waals surface area contributed by atoms with Crippen molar-refractivity contribution in [1.82, 2.24) is 29.1 Å². The van der Waals surface area contributed by atoms with Crippen LogP contribution >= 0.6 is 0 Å². The number of carbonyl (C=O) groups is 1. The van der Waals surface area contributed by atoms with Crippen LogP contribution in [0.5, 0.6) is 5.88 Å². The third-order valence-corrected chi connectivity index (χ3v) is 4.75. The fourth-order valence-corrected chi connectivity index (χ4v) is 3.12. The summed E-state index contributed by atoms with van der Waals surface area (Å²) in [7, 11) is 0. The van der Waals surface area contributed by atoms with Crippen molar-refractivity contribution in [3.63, 3.8) is 0 Å². The average molecular weight is 484 g/mol. The van der Waals surface area contributed by atoms with E-state index in [0.29, 0.717) is 5.65 Å². The second kappa shape index (κ2) is 10.5. The molecule has 1 aliphatic rings. The van der Waals surface area contributed by atoms with Gasteiger partial charge in [-0.05, 0) is 0 Å². The van der Waals surface area contributed by atoms with Crippen molar-refractivity contribution in [2.24, 2.45) is 5.73 Å². The number of imidazole rings is 2. The average Bonchev–Trinajstić information content (AvgIpc) is 3.45. The van der Waals surface area contributed by atoms with Gasteiger partial charge in [-0.3, -0.25) is 23.7 Å². The number of fused-ring (bicyclic) bond motifs is 1. The highest BCUT2D eigenvalue weighted by Gasteiger charge is 2.44. The first-order valence-corrected chi connectivity index (χ1v) is 9.76. The number of aromatic amines is 1. The number of aromatic hydroxyl groups is 1. The van der Waals surface area contributed by atoms with Crippen molar-refractivity contribution in [1.29, 1.82) is 0 Å². The van der Waals surface area contributed by atoms with Gasteiger partial charge in [0.15, 0.2) is 23.1 Å². The van der Waals surface area contributed by atoms with Crippen LogP contribution in [-0.4, -0.2) is 98.6 Å². The van der Waals surface area contributed by atoms with Crippen LogP contribution in [0.1, 0.15) is 16.7 Å². The summed E-state index contributed by atoms with van der Waals surface area (Å²) in [6, 6.07) is 0. The van der Waals surface area contributed by atoms with Gasteiger partial charge in [0.25, 0.3) is 11.5 Å². The fraction of sp³-hybridized carbons (Fsp3) is 0.471. The molecule has 0 saturated carbocycles. The Kier molecular flexibility index (Phi) is 7.76. The first-order chi connectivity index (χ1) is 16.2. The maximum Gasteiger partial charge on any atom is 0.280 e. The fourth-order valence-electron chi connectivity index (χ4n) is 3.12. The second-order valence-electron chi connectivity index (χ2n) is 7.02. The number of aliphatic hydroxyl groups excluding tert-OH is 4. The Hall–Kier alpha value is -3.61. The Labute approximate surface area is 189 Å². The number of carbonyl (C=O) groups excluding carboxylic acids is 1. The van der Waals surface area contributed by atoms with Gasteiger partial charge < -0.3 is 46.5 Å². The molecule has 1 aliphatic heterocycles. The quantitative estimate of drug-likeness (QED) is 0.149. The number of rotatable bonds is 7. The molecule has 10 N–H and O–H groups in total. The highest BCUT2D eigenvalue weighted by molar-refractivity contribution is 5.93. The summed E-state index contributed by atoms with van der Waals surface area (Å²) in [4.78, 5) is 36.1. The molecule has 0 bridgehead atoms.